The third-order valence-electron chi connectivity index (χ3n) is 2.50. The summed E-state index contributed by atoms with van der Waals surface area (Å²) in [6.45, 7) is 12.2. The van der Waals surface area contributed by atoms with Gasteiger partial charge in [-0.05, 0) is 13.8 Å². The number of nitrogens with one attached hydrogen (secondary N) is 1. The molecule has 0 unspecified atom stereocenters. The average Bonchev–Trinajstić information content (AvgIpc) is 2.28. The van der Waals surface area contributed by atoms with Crippen LogP contribution in [0.25, 0.3) is 0 Å². The van der Waals surface area contributed by atoms with Crippen LogP contribution in [-0.2, 0) is 10.2 Å². The highest BCUT2D eigenvalue weighted by Crippen LogP contribution is 2.25. The van der Waals surface area contributed by atoms with Gasteiger partial charge in [-0.25, -0.2) is 9.97 Å². The lowest BCUT2D eigenvalue weighted by Crippen LogP contribution is -2.19. The van der Waals surface area contributed by atoms with Crippen molar-refractivity contribution in [1.29, 1.82) is 0 Å². The first-order valence-corrected chi connectivity index (χ1v) is 6.60. The quantitative estimate of drug-likeness (QED) is 0.660. The predicted octanol–water partition coefficient (Wildman–Crippen LogP) is 3.18. The molecule has 0 atom stereocenters. The van der Waals surface area contributed by atoms with Gasteiger partial charge in [0.2, 0.25) is 0 Å². The van der Waals surface area contributed by atoms with E-state index < -0.39 is 0 Å². The second-order valence-corrected chi connectivity index (χ2v) is 5.54. The van der Waals surface area contributed by atoms with Crippen molar-refractivity contribution in [3.8, 4) is 0 Å². The number of nitrogens with zero attached hydrogens (tertiary/aromatic N) is 2. The molecule has 1 rings (SSSR count). The Hall–Kier alpha value is -0.870. The fourth-order valence-corrected chi connectivity index (χ4v) is 1.55. The van der Waals surface area contributed by atoms with Gasteiger partial charge in [0.1, 0.15) is 16.8 Å². The summed E-state index contributed by atoms with van der Waals surface area (Å²) in [4.78, 5) is 8.87. The van der Waals surface area contributed by atoms with Gasteiger partial charge >= 0.3 is 0 Å². The molecule has 0 aliphatic carbocycles. The minimum atomic E-state index is -0.117. The minimum absolute atomic E-state index is 0.117. The highest BCUT2D eigenvalue weighted by Gasteiger charge is 2.20. The second-order valence-electron chi connectivity index (χ2n) is 5.19. The van der Waals surface area contributed by atoms with Crippen LogP contribution in [0.3, 0.4) is 0 Å². The Balaban J connectivity index is 2.86. The molecular formula is C13H22ClN3O. The molecule has 0 aliphatic rings. The van der Waals surface area contributed by atoms with Crippen LogP contribution in [0.2, 0.25) is 5.15 Å². The van der Waals surface area contributed by atoms with Gasteiger partial charge in [-0.2, -0.15) is 0 Å². The van der Waals surface area contributed by atoms with Crippen LogP contribution < -0.4 is 5.32 Å². The largest absolute Gasteiger partial charge is 0.380 e. The lowest BCUT2D eigenvalue weighted by molar-refractivity contribution is 0.158. The van der Waals surface area contributed by atoms with Crippen LogP contribution in [-0.4, -0.2) is 29.7 Å². The van der Waals surface area contributed by atoms with E-state index in [-0.39, 0.29) is 5.41 Å². The van der Waals surface area contributed by atoms with E-state index >= 15 is 0 Å². The number of hydrogen-bond acceptors (Lipinski definition) is 4. The summed E-state index contributed by atoms with van der Waals surface area (Å²) in [5.41, 5.74) is 0.759. The number of hydrogen-bond donors (Lipinski definition) is 1. The Labute approximate surface area is 114 Å². The Morgan fingerprint density at radius 1 is 1.28 bits per heavy atom. The van der Waals surface area contributed by atoms with Crippen LogP contribution >= 0.6 is 11.6 Å². The number of halogens is 1. The predicted molar refractivity (Wildman–Crippen MR) is 75.5 cm³/mol. The molecule has 0 saturated carbocycles. The van der Waals surface area contributed by atoms with Gasteiger partial charge in [0, 0.05) is 24.1 Å². The van der Waals surface area contributed by atoms with Crippen LogP contribution in [0.15, 0.2) is 0 Å². The van der Waals surface area contributed by atoms with Crippen LogP contribution in [0.1, 0.15) is 39.1 Å². The molecule has 18 heavy (non-hydrogen) atoms. The lowest BCUT2D eigenvalue weighted by atomic mass is 9.95. The zero-order valence-electron chi connectivity index (χ0n) is 11.8. The summed E-state index contributed by atoms with van der Waals surface area (Å²) < 4.78 is 5.28. The first-order valence-electron chi connectivity index (χ1n) is 6.22. The smallest absolute Gasteiger partial charge is 0.137 e. The maximum atomic E-state index is 6.14. The fourth-order valence-electron chi connectivity index (χ4n) is 1.38. The van der Waals surface area contributed by atoms with Crippen LogP contribution in [0.4, 0.5) is 5.82 Å². The first kappa shape index (κ1) is 15.2. The minimum Gasteiger partial charge on any atom is -0.380 e. The van der Waals surface area contributed by atoms with E-state index in [1.165, 1.54) is 0 Å². The molecule has 102 valence electrons. The molecule has 1 heterocycles. The summed E-state index contributed by atoms with van der Waals surface area (Å²) >= 11 is 6.14. The normalized spacial score (nSPS) is 11.7. The van der Waals surface area contributed by atoms with Crippen molar-refractivity contribution in [2.45, 2.75) is 40.0 Å². The van der Waals surface area contributed by atoms with Gasteiger partial charge in [-0.1, -0.05) is 32.4 Å². The van der Waals surface area contributed by atoms with Crippen molar-refractivity contribution in [3.05, 3.63) is 16.5 Å². The monoisotopic (exact) mass is 271 g/mol. The third-order valence-corrected chi connectivity index (χ3v) is 2.87. The van der Waals surface area contributed by atoms with Gasteiger partial charge in [-0.15, -0.1) is 0 Å². The van der Waals surface area contributed by atoms with Crippen molar-refractivity contribution in [3.63, 3.8) is 0 Å². The molecule has 1 aromatic rings. The summed E-state index contributed by atoms with van der Waals surface area (Å²) in [7, 11) is 0. The number of ether oxygens (including phenoxy) is 1. The Morgan fingerprint density at radius 2 is 1.94 bits per heavy atom. The Morgan fingerprint density at radius 3 is 2.50 bits per heavy atom. The van der Waals surface area contributed by atoms with E-state index in [0.717, 1.165) is 23.8 Å². The molecule has 4 nitrogen and oxygen atoms in total. The van der Waals surface area contributed by atoms with E-state index in [9.17, 15) is 0 Å². The van der Waals surface area contributed by atoms with E-state index in [1.807, 2.05) is 13.8 Å². The van der Waals surface area contributed by atoms with Gasteiger partial charge in [0.05, 0.1) is 6.61 Å². The molecule has 5 heteroatoms. The van der Waals surface area contributed by atoms with Crippen LogP contribution in [0.5, 0.6) is 0 Å². The molecule has 0 amide bonds. The third kappa shape index (κ3) is 4.10. The maximum absolute atomic E-state index is 6.14. The van der Waals surface area contributed by atoms with E-state index in [0.29, 0.717) is 18.3 Å². The van der Waals surface area contributed by atoms with Crippen molar-refractivity contribution in [1.82, 2.24) is 9.97 Å². The second kappa shape index (κ2) is 6.34. The highest BCUT2D eigenvalue weighted by atomic mass is 35.5. The number of aromatic nitrogens is 2. The highest BCUT2D eigenvalue weighted by molar-refractivity contribution is 6.30. The molecule has 0 saturated heterocycles. The molecule has 0 spiro atoms. The Kier molecular flexibility index (Phi) is 5.35. The van der Waals surface area contributed by atoms with Crippen LogP contribution in [0, 0.1) is 6.92 Å². The topological polar surface area (TPSA) is 47.0 Å². The first-order chi connectivity index (χ1) is 8.36. The summed E-state index contributed by atoms with van der Waals surface area (Å²) in [5, 5.41) is 3.75. The molecule has 1 aromatic heterocycles. The standard InChI is InChI=1S/C13H22ClN3O/c1-6-18-8-7-15-11-9(2)10(14)16-12(17-11)13(3,4)5/h6-8H2,1-5H3,(H,15,16,17). The summed E-state index contributed by atoms with van der Waals surface area (Å²) in [5.74, 6) is 1.54. The molecular weight excluding hydrogens is 250 g/mol. The van der Waals surface area contributed by atoms with Crippen molar-refractivity contribution in [2.24, 2.45) is 0 Å². The summed E-state index contributed by atoms with van der Waals surface area (Å²) in [6.07, 6.45) is 0. The molecule has 0 aromatic carbocycles. The van der Waals surface area contributed by atoms with E-state index in [2.05, 4.69) is 36.1 Å². The zero-order valence-corrected chi connectivity index (χ0v) is 12.6. The van der Waals surface area contributed by atoms with Crippen molar-refractivity contribution >= 4 is 17.4 Å². The molecule has 0 fully saturated rings. The number of rotatable bonds is 5. The van der Waals surface area contributed by atoms with Crippen molar-refractivity contribution < 1.29 is 4.74 Å². The molecule has 1 N–H and O–H groups in total. The fraction of sp³-hybridized carbons (Fsp3) is 0.692. The molecule has 0 bridgehead atoms. The maximum Gasteiger partial charge on any atom is 0.137 e. The molecule has 0 aliphatic heterocycles. The van der Waals surface area contributed by atoms with Gasteiger partial charge in [-0.3, -0.25) is 0 Å². The Bertz CT molecular complexity index is 402. The average molecular weight is 272 g/mol. The van der Waals surface area contributed by atoms with E-state index in [4.69, 9.17) is 16.3 Å². The molecule has 0 radical (unpaired) electrons. The number of anilines is 1. The van der Waals surface area contributed by atoms with Crippen molar-refractivity contribution in [2.75, 3.05) is 25.1 Å². The lowest BCUT2D eigenvalue weighted by Gasteiger charge is -2.19. The zero-order chi connectivity index (χ0) is 13.8. The SMILES string of the molecule is CCOCCNc1nc(C(C)(C)C)nc(Cl)c1C. The van der Waals surface area contributed by atoms with Gasteiger partial charge < -0.3 is 10.1 Å². The van der Waals surface area contributed by atoms with E-state index in [1.54, 1.807) is 0 Å². The van der Waals surface area contributed by atoms with Gasteiger partial charge in [0.25, 0.3) is 0 Å². The van der Waals surface area contributed by atoms with Gasteiger partial charge in [0.15, 0.2) is 0 Å². The summed E-state index contributed by atoms with van der Waals surface area (Å²) in [6, 6.07) is 0.